The molecule has 0 aliphatic rings. The molecule has 0 saturated carbocycles. The number of ether oxygens (including phenoxy) is 1. The molecule has 0 aliphatic carbocycles. The van der Waals surface area contributed by atoms with Crippen LogP contribution in [0.2, 0.25) is 0 Å². The third-order valence-electron chi connectivity index (χ3n) is 2.34. The first kappa shape index (κ1) is 16.1. The summed E-state index contributed by atoms with van der Waals surface area (Å²) in [6.07, 6.45) is 0.554. The van der Waals surface area contributed by atoms with Crippen molar-refractivity contribution >= 4 is 18.4 Å². The Labute approximate surface area is 120 Å². The molecule has 110 valence electrons. The average Bonchev–Trinajstić information content (AvgIpc) is 2.97. The van der Waals surface area contributed by atoms with Crippen LogP contribution in [0.15, 0.2) is 40.8 Å². The second-order valence-electron chi connectivity index (χ2n) is 3.65. The summed E-state index contributed by atoms with van der Waals surface area (Å²) in [4.78, 5) is 29.9. The van der Waals surface area contributed by atoms with Gasteiger partial charge in [0.05, 0.1) is 17.1 Å². The van der Waals surface area contributed by atoms with E-state index in [4.69, 9.17) is 4.42 Å². The molecule has 0 atom stereocenters. The highest BCUT2D eigenvalue weighted by Gasteiger charge is 2.16. The maximum atomic E-state index is 10.8. The molecule has 1 heterocycles. The normalized spacial score (nSPS) is 9.19. The SMILES string of the molecule is CCOC=O.O=Cc1ccc(-c2ccccc2[N+](=O)[O-])o1. The van der Waals surface area contributed by atoms with Gasteiger partial charge in [-0.15, -0.1) is 0 Å². The standard InChI is InChI=1S/C11H7NO4.C3H6O2/c13-7-8-5-6-11(16-8)9-3-1-2-4-10(9)12(14)15;1-2-5-3-4/h1-7H;3H,2H2,1H3. The third kappa shape index (κ3) is 4.57. The van der Waals surface area contributed by atoms with Gasteiger partial charge in [-0.3, -0.25) is 19.7 Å². The number of benzene rings is 1. The first-order chi connectivity index (χ1) is 10.1. The van der Waals surface area contributed by atoms with Crippen LogP contribution in [0, 0.1) is 10.1 Å². The van der Waals surface area contributed by atoms with Crippen molar-refractivity contribution in [1.82, 2.24) is 0 Å². The third-order valence-corrected chi connectivity index (χ3v) is 2.34. The number of furan rings is 1. The molecule has 0 spiro atoms. The highest BCUT2D eigenvalue weighted by atomic mass is 16.6. The molecule has 0 fully saturated rings. The Kier molecular flexibility index (Phi) is 6.33. The Morgan fingerprint density at radius 2 is 1.95 bits per heavy atom. The number of carbonyl (C=O) groups excluding carboxylic acids is 2. The van der Waals surface area contributed by atoms with E-state index >= 15 is 0 Å². The fourth-order valence-corrected chi connectivity index (χ4v) is 1.47. The largest absolute Gasteiger partial charge is 0.468 e. The van der Waals surface area contributed by atoms with Crippen molar-refractivity contribution in [2.24, 2.45) is 0 Å². The van der Waals surface area contributed by atoms with Crippen molar-refractivity contribution in [1.29, 1.82) is 0 Å². The van der Waals surface area contributed by atoms with E-state index < -0.39 is 4.92 Å². The highest BCUT2D eigenvalue weighted by Crippen LogP contribution is 2.30. The molecule has 2 aromatic rings. The van der Waals surface area contributed by atoms with Crippen LogP contribution < -0.4 is 0 Å². The zero-order valence-corrected chi connectivity index (χ0v) is 11.2. The predicted octanol–water partition coefficient (Wildman–Crippen LogP) is 2.85. The number of rotatable bonds is 5. The molecule has 1 aromatic carbocycles. The smallest absolute Gasteiger partial charge is 0.293 e. The van der Waals surface area contributed by atoms with Crippen molar-refractivity contribution in [3.63, 3.8) is 0 Å². The summed E-state index contributed by atoms with van der Waals surface area (Å²) in [7, 11) is 0. The van der Waals surface area contributed by atoms with E-state index in [0.717, 1.165) is 0 Å². The lowest BCUT2D eigenvalue weighted by atomic mass is 10.1. The maximum Gasteiger partial charge on any atom is 0.293 e. The second kappa shape index (κ2) is 8.26. The number of nitro groups is 1. The number of nitrogens with zero attached hydrogens (tertiary/aromatic N) is 1. The van der Waals surface area contributed by atoms with Crippen LogP contribution in [-0.2, 0) is 9.53 Å². The van der Waals surface area contributed by atoms with Crippen LogP contribution in [-0.4, -0.2) is 24.3 Å². The van der Waals surface area contributed by atoms with Crippen molar-refractivity contribution in [2.75, 3.05) is 6.61 Å². The Balaban J connectivity index is 0.000000383. The first-order valence-corrected chi connectivity index (χ1v) is 5.98. The van der Waals surface area contributed by atoms with E-state index in [1.165, 1.54) is 18.2 Å². The quantitative estimate of drug-likeness (QED) is 0.477. The summed E-state index contributed by atoms with van der Waals surface area (Å²) in [6.45, 7) is 2.66. The Hall–Kier alpha value is -2.96. The highest BCUT2D eigenvalue weighted by molar-refractivity contribution is 5.75. The van der Waals surface area contributed by atoms with Crippen LogP contribution in [0.1, 0.15) is 17.5 Å². The number of hydrogen-bond donors (Lipinski definition) is 0. The monoisotopic (exact) mass is 291 g/mol. The fourth-order valence-electron chi connectivity index (χ4n) is 1.47. The molecule has 1 aromatic heterocycles. The van der Waals surface area contributed by atoms with Crippen LogP contribution in [0.25, 0.3) is 11.3 Å². The van der Waals surface area contributed by atoms with E-state index in [1.807, 2.05) is 0 Å². The molecule has 7 heteroatoms. The number of aldehydes is 1. The van der Waals surface area contributed by atoms with E-state index in [-0.39, 0.29) is 11.4 Å². The van der Waals surface area contributed by atoms with Gasteiger partial charge < -0.3 is 9.15 Å². The lowest BCUT2D eigenvalue weighted by molar-refractivity contribution is -0.384. The number of para-hydroxylation sites is 1. The van der Waals surface area contributed by atoms with E-state index in [2.05, 4.69) is 4.74 Å². The predicted molar refractivity (Wildman–Crippen MR) is 73.9 cm³/mol. The Bertz CT molecular complexity index is 619. The minimum atomic E-state index is -0.488. The topological polar surface area (TPSA) is 99.7 Å². The van der Waals surface area contributed by atoms with Gasteiger partial charge in [0, 0.05) is 6.07 Å². The van der Waals surface area contributed by atoms with Crippen molar-refractivity contribution < 1.29 is 23.7 Å². The van der Waals surface area contributed by atoms with Gasteiger partial charge in [0.15, 0.2) is 12.0 Å². The van der Waals surface area contributed by atoms with E-state index in [9.17, 15) is 19.7 Å². The van der Waals surface area contributed by atoms with E-state index in [0.29, 0.717) is 30.7 Å². The minimum absolute atomic E-state index is 0.0469. The molecule has 0 amide bonds. The summed E-state index contributed by atoms with van der Waals surface area (Å²) in [5, 5.41) is 10.8. The summed E-state index contributed by atoms with van der Waals surface area (Å²) in [5.41, 5.74) is 0.315. The molecule has 21 heavy (non-hydrogen) atoms. The molecule has 0 bridgehead atoms. The van der Waals surface area contributed by atoms with Crippen molar-refractivity contribution in [3.8, 4) is 11.3 Å². The summed E-state index contributed by atoms with van der Waals surface area (Å²) >= 11 is 0. The van der Waals surface area contributed by atoms with Crippen LogP contribution >= 0.6 is 0 Å². The van der Waals surface area contributed by atoms with Crippen LogP contribution in [0.4, 0.5) is 5.69 Å². The molecular formula is C14H13NO6. The van der Waals surface area contributed by atoms with Gasteiger partial charge in [-0.05, 0) is 25.1 Å². The first-order valence-electron chi connectivity index (χ1n) is 5.98. The van der Waals surface area contributed by atoms with Crippen molar-refractivity contribution in [3.05, 3.63) is 52.3 Å². The van der Waals surface area contributed by atoms with Gasteiger partial charge in [0.2, 0.25) is 0 Å². The summed E-state index contributed by atoms with van der Waals surface area (Å²) in [6, 6.07) is 9.21. The molecule has 7 nitrogen and oxygen atoms in total. The zero-order chi connectivity index (χ0) is 15.7. The van der Waals surface area contributed by atoms with Gasteiger partial charge in [-0.1, -0.05) is 12.1 Å². The molecule has 0 saturated heterocycles. The number of hydrogen-bond acceptors (Lipinski definition) is 6. The maximum absolute atomic E-state index is 10.8. The zero-order valence-electron chi connectivity index (χ0n) is 11.2. The van der Waals surface area contributed by atoms with Gasteiger partial charge in [0.25, 0.3) is 12.2 Å². The summed E-state index contributed by atoms with van der Waals surface area (Å²) < 4.78 is 9.29. The van der Waals surface area contributed by atoms with Gasteiger partial charge in [-0.2, -0.15) is 0 Å². The molecule has 0 aliphatic heterocycles. The lowest BCUT2D eigenvalue weighted by Gasteiger charge is -1.98. The van der Waals surface area contributed by atoms with Gasteiger partial charge in [0.1, 0.15) is 5.76 Å². The Morgan fingerprint density at radius 1 is 1.24 bits per heavy atom. The molecular weight excluding hydrogens is 278 g/mol. The van der Waals surface area contributed by atoms with Crippen molar-refractivity contribution in [2.45, 2.75) is 6.92 Å². The Morgan fingerprint density at radius 3 is 2.43 bits per heavy atom. The van der Waals surface area contributed by atoms with E-state index in [1.54, 1.807) is 25.1 Å². The lowest BCUT2D eigenvalue weighted by Crippen LogP contribution is -1.90. The summed E-state index contributed by atoms with van der Waals surface area (Å²) in [5.74, 6) is 0.461. The van der Waals surface area contributed by atoms with Crippen LogP contribution in [0.3, 0.4) is 0 Å². The molecule has 2 rings (SSSR count). The average molecular weight is 291 g/mol. The van der Waals surface area contributed by atoms with Crippen LogP contribution in [0.5, 0.6) is 0 Å². The van der Waals surface area contributed by atoms with Gasteiger partial charge in [-0.25, -0.2) is 0 Å². The molecule has 0 N–H and O–H groups in total. The second-order valence-corrected chi connectivity index (χ2v) is 3.65. The number of carbonyl (C=O) groups is 2. The van der Waals surface area contributed by atoms with Gasteiger partial charge >= 0.3 is 0 Å². The molecule has 0 radical (unpaired) electrons. The minimum Gasteiger partial charge on any atom is -0.468 e. The molecule has 0 unspecified atom stereocenters. The fraction of sp³-hybridized carbons (Fsp3) is 0.143. The number of nitro benzene ring substituents is 1.